The molecule has 0 aliphatic carbocycles. The van der Waals surface area contributed by atoms with Gasteiger partial charge in [-0.05, 0) is 19.2 Å². The molecule has 2 aliphatic rings. The van der Waals surface area contributed by atoms with Crippen LogP contribution in [-0.2, 0) is 4.74 Å². The first-order valence-electron chi connectivity index (χ1n) is 8.44. The molecule has 4 rings (SSSR count). The van der Waals surface area contributed by atoms with E-state index in [-0.39, 0.29) is 18.1 Å². The summed E-state index contributed by atoms with van der Waals surface area (Å²) in [5.41, 5.74) is 0.437. The number of hydrogen-bond donors (Lipinski definition) is 0. The molecular weight excluding hydrogens is 407 g/mol. The van der Waals surface area contributed by atoms with Crippen LogP contribution < -0.4 is 4.90 Å². The number of amides is 2. The maximum absolute atomic E-state index is 12.8. The van der Waals surface area contributed by atoms with Gasteiger partial charge in [-0.1, -0.05) is 11.6 Å². The van der Waals surface area contributed by atoms with Crippen molar-refractivity contribution >= 4 is 41.8 Å². The number of fused-ring (bicyclic) bond motifs is 1. The Hall–Kier alpha value is -2.49. The van der Waals surface area contributed by atoms with E-state index in [0.717, 1.165) is 13.1 Å². The zero-order valence-corrected chi connectivity index (χ0v) is 16.6. The fourth-order valence-corrected chi connectivity index (χ4v) is 3.15. The summed E-state index contributed by atoms with van der Waals surface area (Å²) in [6.45, 7) is 2.64. The molecule has 28 heavy (non-hydrogen) atoms. The average molecular weight is 425 g/mol. The summed E-state index contributed by atoms with van der Waals surface area (Å²) in [6.07, 6.45) is 2.78. The number of carbonyl (C=O) groups excluding carboxylic acids is 2. The van der Waals surface area contributed by atoms with Crippen LogP contribution in [0.15, 0.2) is 30.7 Å². The standard InChI is InChI=1S/C17H17ClN6O3.ClH/c1-22-6-8-23(9-7-22)17(26)27-16-14-13(19-4-5-20-14)15(25)24(16)12-3-2-11(18)10-21-12;/h2-5,10,16H,6-9H2,1H3;1H. The lowest BCUT2D eigenvalue weighted by Gasteiger charge is -2.33. The molecule has 2 amide bonds. The number of aromatic nitrogens is 3. The minimum Gasteiger partial charge on any atom is -0.419 e. The second kappa shape index (κ2) is 8.26. The largest absolute Gasteiger partial charge is 0.419 e. The van der Waals surface area contributed by atoms with Crippen LogP contribution in [0.2, 0.25) is 5.02 Å². The van der Waals surface area contributed by atoms with Crippen molar-refractivity contribution in [1.82, 2.24) is 24.8 Å². The Morgan fingerprint density at radius 2 is 1.86 bits per heavy atom. The van der Waals surface area contributed by atoms with Crippen LogP contribution in [0.3, 0.4) is 0 Å². The van der Waals surface area contributed by atoms with Gasteiger partial charge in [0.2, 0.25) is 6.23 Å². The number of anilines is 1. The van der Waals surface area contributed by atoms with Gasteiger partial charge in [0.25, 0.3) is 5.91 Å². The molecule has 0 aromatic carbocycles. The zero-order chi connectivity index (χ0) is 19.0. The lowest BCUT2D eigenvalue weighted by atomic mass is 10.3. The van der Waals surface area contributed by atoms with Crippen LogP contribution in [0.25, 0.3) is 0 Å². The minimum absolute atomic E-state index is 0. The van der Waals surface area contributed by atoms with Crippen molar-refractivity contribution in [2.24, 2.45) is 0 Å². The fourth-order valence-electron chi connectivity index (χ4n) is 3.04. The van der Waals surface area contributed by atoms with E-state index >= 15 is 0 Å². The summed E-state index contributed by atoms with van der Waals surface area (Å²) in [7, 11) is 2.00. The van der Waals surface area contributed by atoms with Gasteiger partial charge in [0.15, 0.2) is 5.69 Å². The quantitative estimate of drug-likeness (QED) is 0.727. The van der Waals surface area contributed by atoms with E-state index in [9.17, 15) is 9.59 Å². The number of piperazine rings is 1. The normalized spacial score (nSPS) is 19.2. The SMILES string of the molecule is CN1CCN(C(=O)OC2c3nccnc3C(=O)N2c2ccc(Cl)cn2)CC1.Cl. The topological polar surface area (TPSA) is 91.8 Å². The van der Waals surface area contributed by atoms with Crippen molar-refractivity contribution in [2.45, 2.75) is 6.23 Å². The molecule has 0 saturated carbocycles. The summed E-state index contributed by atoms with van der Waals surface area (Å²) in [5.74, 6) is -0.121. The molecule has 1 unspecified atom stereocenters. The number of pyridine rings is 1. The predicted octanol–water partition coefficient (Wildman–Crippen LogP) is 1.99. The Balaban J connectivity index is 0.00000225. The van der Waals surface area contributed by atoms with Crippen LogP contribution in [0, 0.1) is 0 Å². The molecule has 11 heteroatoms. The van der Waals surface area contributed by atoms with Gasteiger partial charge in [-0.3, -0.25) is 9.78 Å². The highest BCUT2D eigenvalue weighted by Crippen LogP contribution is 2.35. The minimum atomic E-state index is -1.03. The molecule has 0 bridgehead atoms. The maximum atomic E-state index is 12.8. The molecule has 4 heterocycles. The van der Waals surface area contributed by atoms with E-state index in [1.807, 2.05) is 7.05 Å². The highest BCUT2D eigenvalue weighted by atomic mass is 35.5. The molecule has 0 spiro atoms. The summed E-state index contributed by atoms with van der Waals surface area (Å²) < 4.78 is 5.68. The number of likely N-dealkylation sites (N-methyl/N-ethyl adjacent to an activating group) is 1. The summed E-state index contributed by atoms with van der Waals surface area (Å²) >= 11 is 5.89. The van der Waals surface area contributed by atoms with Crippen molar-refractivity contribution in [3.05, 3.63) is 47.1 Å². The number of carbonyl (C=O) groups is 2. The molecular formula is C17H18Cl2N6O3. The van der Waals surface area contributed by atoms with Gasteiger partial charge in [-0.15, -0.1) is 12.4 Å². The third kappa shape index (κ3) is 3.73. The number of ether oxygens (including phenoxy) is 1. The number of hydrogen-bond acceptors (Lipinski definition) is 7. The van der Waals surface area contributed by atoms with Gasteiger partial charge in [0.1, 0.15) is 11.5 Å². The molecule has 2 aromatic heterocycles. The van der Waals surface area contributed by atoms with E-state index in [2.05, 4.69) is 19.9 Å². The second-order valence-electron chi connectivity index (χ2n) is 6.33. The second-order valence-corrected chi connectivity index (χ2v) is 6.76. The van der Waals surface area contributed by atoms with Gasteiger partial charge in [0.05, 0.1) is 5.02 Å². The van der Waals surface area contributed by atoms with Crippen molar-refractivity contribution < 1.29 is 14.3 Å². The number of nitrogens with zero attached hydrogens (tertiary/aromatic N) is 6. The van der Waals surface area contributed by atoms with Crippen LogP contribution in [0.5, 0.6) is 0 Å². The van der Waals surface area contributed by atoms with E-state index in [4.69, 9.17) is 16.3 Å². The third-order valence-electron chi connectivity index (χ3n) is 4.55. The Bertz CT molecular complexity index is 873. The van der Waals surface area contributed by atoms with Crippen LogP contribution in [0.1, 0.15) is 22.4 Å². The van der Waals surface area contributed by atoms with Crippen LogP contribution in [-0.4, -0.2) is 70.0 Å². The van der Waals surface area contributed by atoms with E-state index < -0.39 is 18.2 Å². The first kappa shape index (κ1) is 20.2. The van der Waals surface area contributed by atoms with E-state index in [1.165, 1.54) is 23.5 Å². The van der Waals surface area contributed by atoms with Crippen molar-refractivity contribution in [2.75, 3.05) is 38.1 Å². The van der Waals surface area contributed by atoms with Crippen LogP contribution >= 0.6 is 24.0 Å². The Kier molecular flexibility index (Phi) is 5.97. The number of rotatable bonds is 2. The predicted molar refractivity (Wildman–Crippen MR) is 104 cm³/mol. The maximum Gasteiger partial charge on any atom is 0.412 e. The van der Waals surface area contributed by atoms with Gasteiger partial charge < -0.3 is 14.5 Å². The lowest BCUT2D eigenvalue weighted by molar-refractivity contribution is 0.0476. The molecule has 1 fully saturated rings. The molecule has 2 aliphatic heterocycles. The monoisotopic (exact) mass is 424 g/mol. The van der Waals surface area contributed by atoms with Gasteiger partial charge in [-0.25, -0.2) is 19.7 Å². The molecule has 0 radical (unpaired) electrons. The summed E-state index contributed by atoms with van der Waals surface area (Å²) in [5, 5.41) is 0.435. The smallest absolute Gasteiger partial charge is 0.412 e. The Morgan fingerprint density at radius 3 is 2.54 bits per heavy atom. The lowest BCUT2D eigenvalue weighted by Crippen LogP contribution is -2.48. The van der Waals surface area contributed by atoms with Crippen molar-refractivity contribution in [1.29, 1.82) is 0 Å². The van der Waals surface area contributed by atoms with Crippen molar-refractivity contribution in [3.63, 3.8) is 0 Å². The average Bonchev–Trinajstić information content (AvgIpc) is 2.95. The van der Waals surface area contributed by atoms with Crippen molar-refractivity contribution in [3.8, 4) is 0 Å². The highest BCUT2D eigenvalue weighted by molar-refractivity contribution is 6.30. The Labute approximate surface area is 172 Å². The molecule has 0 N–H and O–H groups in total. The highest BCUT2D eigenvalue weighted by Gasteiger charge is 2.44. The molecule has 9 nitrogen and oxygen atoms in total. The van der Waals surface area contributed by atoms with Gasteiger partial charge >= 0.3 is 6.09 Å². The van der Waals surface area contributed by atoms with Crippen LogP contribution in [0.4, 0.5) is 10.6 Å². The molecule has 1 saturated heterocycles. The summed E-state index contributed by atoms with van der Waals surface area (Å²) in [6, 6.07) is 3.20. The molecule has 148 valence electrons. The van der Waals surface area contributed by atoms with Gasteiger partial charge in [-0.2, -0.15) is 0 Å². The molecule has 1 atom stereocenters. The van der Waals surface area contributed by atoms with E-state index in [1.54, 1.807) is 17.0 Å². The summed E-state index contributed by atoms with van der Waals surface area (Å²) in [4.78, 5) is 43.0. The number of halogens is 2. The van der Waals surface area contributed by atoms with E-state index in [0.29, 0.717) is 29.6 Å². The fraction of sp³-hybridized carbons (Fsp3) is 0.353. The molecule has 2 aromatic rings. The third-order valence-corrected chi connectivity index (χ3v) is 4.77. The zero-order valence-electron chi connectivity index (χ0n) is 15.0. The first-order valence-corrected chi connectivity index (χ1v) is 8.82. The first-order chi connectivity index (χ1) is 13.0. The van der Waals surface area contributed by atoms with Gasteiger partial charge in [0, 0.05) is 44.8 Å². The Morgan fingerprint density at radius 1 is 1.14 bits per heavy atom.